The van der Waals surface area contributed by atoms with Gasteiger partial charge in [0.1, 0.15) is 5.75 Å². The maximum Gasteiger partial charge on any atom is 0.337 e. The molecule has 0 aliphatic carbocycles. The molecule has 2 aromatic carbocycles. The van der Waals surface area contributed by atoms with E-state index in [1.54, 1.807) is 12.1 Å². The number of carbonyl (C=O) groups excluding carboxylic acids is 2. The van der Waals surface area contributed by atoms with Crippen LogP contribution < -0.4 is 10.1 Å². The zero-order valence-corrected chi connectivity index (χ0v) is 15.5. The predicted octanol–water partition coefficient (Wildman–Crippen LogP) is 4.09. The zero-order chi connectivity index (χ0) is 17.9. The van der Waals surface area contributed by atoms with E-state index in [0.29, 0.717) is 8.95 Å². The van der Waals surface area contributed by atoms with Crippen LogP contribution in [0.15, 0.2) is 45.3 Å². The van der Waals surface area contributed by atoms with Gasteiger partial charge in [-0.25, -0.2) is 4.79 Å². The standard InChI is InChI=1S/C16H11Br2NO5/c1-8(20)24-11-4-2-3-9(5-11)15(21)19-14-12(16(22)23)6-10(17)7-13(14)18/h2-7H,1H3,(H,19,21)(H,22,23). The Kier molecular flexibility index (Phi) is 5.74. The Balaban J connectivity index is 2.34. The summed E-state index contributed by atoms with van der Waals surface area (Å²) in [6, 6.07) is 9.02. The zero-order valence-electron chi connectivity index (χ0n) is 12.3. The van der Waals surface area contributed by atoms with Gasteiger partial charge in [0.25, 0.3) is 5.91 Å². The van der Waals surface area contributed by atoms with Gasteiger partial charge in [0, 0.05) is 21.4 Å². The minimum Gasteiger partial charge on any atom is -0.478 e. The first-order valence-electron chi connectivity index (χ1n) is 6.60. The average Bonchev–Trinajstić information content (AvgIpc) is 2.49. The Morgan fingerprint density at radius 3 is 2.46 bits per heavy atom. The molecule has 0 spiro atoms. The lowest BCUT2D eigenvalue weighted by Crippen LogP contribution is -2.15. The van der Waals surface area contributed by atoms with E-state index >= 15 is 0 Å². The smallest absolute Gasteiger partial charge is 0.337 e. The topological polar surface area (TPSA) is 92.7 Å². The molecule has 2 N–H and O–H groups in total. The second-order valence-electron chi connectivity index (χ2n) is 4.69. The van der Waals surface area contributed by atoms with Crippen LogP contribution in [0, 0.1) is 0 Å². The van der Waals surface area contributed by atoms with Crippen LogP contribution >= 0.6 is 31.9 Å². The van der Waals surface area contributed by atoms with Crippen LogP contribution in [0.1, 0.15) is 27.6 Å². The van der Waals surface area contributed by atoms with Crippen LogP contribution in [-0.4, -0.2) is 23.0 Å². The maximum absolute atomic E-state index is 12.4. The number of ether oxygens (including phenoxy) is 1. The van der Waals surface area contributed by atoms with E-state index in [1.165, 1.54) is 31.2 Å². The summed E-state index contributed by atoms with van der Waals surface area (Å²) in [5, 5.41) is 11.8. The predicted molar refractivity (Wildman–Crippen MR) is 94.5 cm³/mol. The van der Waals surface area contributed by atoms with E-state index in [0.717, 1.165) is 0 Å². The first-order chi connectivity index (χ1) is 11.3. The quantitative estimate of drug-likeness (QED) is 0.534. The molecule has 0 bridgehead atoms. The van der Waals surface area contributed by atoms with Crippen molar-refractivity contribution in [2.75, 3.05) is 5.32 Å². The highest BCUT2D eigenvalue weighted by molar-refractivity contribution is 9.11. The molecule has 0 aliphatic rings. The van der Waals surface area contributed by atoms with E-state index < -0.39 is 17.8 Å². The van der Waals surface area contributed by atoms with E-state index in [1.807, 2.05) is 0 Å². The minimum absolute atomic E-state index is 0.0688. The largest absolute Gasteiger partial charge is 0.478 e. The van der Waals surface area contributed by atoms with Gasteiger partial charge in [-0.2, -0.15) is 0 Å². The van der Waals surface area contributed by atoms with Gasteiger partial charge >= 0.3 is 11.9 Å². The lowest BCUT2D eigenvalue weighted by molar-refractivity contribution is -0.131. The highest BCUT2D eigenvalue weighted by Crippen LogP contribution is 2.31. The molecular weight excluding hydrogens is 446 g/mol. The van der Waals surface area contributed by atoms with Gasteiger partial charge in [0.2, 0.25) is 0 Å². The third-order valence-electron chi connectivity index (χ3n) is 2.88. The number of anilines is 1. The van der Waals surface area contributed by atoms with E-state index in [4.69, 9.17) is 4.74 Å². The fourth-order valence-corrected chi connectivity index (χ4v) is 3.25. The first kappa shape index (κ1) is 18.2. The van der Waals surface area contributed by atoms with E-state index in [-0.39, 0.29) is 22.6 Å². The summed E-state index contributed by atoms with van der Waals surface area (Å²) in [6.45, 7) is 1.25. The van der Waals surface area contributed by atoms with Crippen molar-refractivity contribution in [1.29, 1.82) is 0 Å². The Morgan fingerprint density at radius 1 is 1.12 bits per heavy atom. The van der Waals surface area contributed by atoms with Gasteiger partial charge in [-0.3, -0.25) is 9.59 Å². The number of benzene rings is 2. The SMILES string of the molecule is CC(=O)Oc1cccc(C(=O)Nc2c(Br)cc(Br)cc2C(=O)O)c1. The van der Waals surface area contributed by atoms with E-state index in [2.05, 4.69) is 37.2 Å². The Hall–Kier alpha value is -2.19. The van der Waals surface area contributed by atoms with Crippen LogP contribution in [0.5, 0.6) is 5.75 Å². The third kappa shape index (κ3) is 4.42. The number of hydrogen-bond donors (Lipinski definition) is 2. The van der Waals surface area contributed by atoms with Crippen LogP contribution in [-0.2, 0) is 4.79 Å². The summed E-state index contributed by atoms with van der Waals surface area (Å²) >= 11 is 6.44. The number of carboxylic acid groups (broad SMARTS) is 1. The molecule has 24 heavy (non-hydrogen) atoms. The number of rotatable bonds is 4. The van der Waals surface area contributed by atoms with Gasteiger partial charge in [-0.15, -0.1) is 0 Å². The summed E-state index contributed by atoms with van der Waals surface area (Å²) in [5.41, 5.74) is 0.286. The minimum atomic E-state index is -1.18. The molecule has 6 nitrogen and oxygen atoms in total. The second kappa shape index (κ2) is 7.59. The van der Waals surface area contributed by atoms with Crippen molar-refractivity contribution in [2.24, 2.45) is 0 Å². The van der Waals surface area contributed by atoms with E-state index in [9.17, 15) is 19.5 Å². The summed E-state index contributed by atoms with van der Waals surface area (Å²) in [5.74, 6) is -1.99. The fourth-order valence-electron chi connectivity index (χ4n) is 1.92. The lowest BCUT2D eigenvalue weighted by atomic mass is 10.1. The van der Waals surface area contributed by atoms with Crippen LogP contribution in [0.3, 0.4) is 0 Å². The second-order valence-corrected chi connectivity index (χ2v) is 6.46. The molecule has 0 radical (unpaired) electrons. The highest BCUT2D eigenvalue weighted by atomic mass is 79.9. The van der Waals surface area contributed by atoms with Gasteiger partial charge in [-0.1, -0.05) is 22.0 Å². The Labute approximate surface area is 154 Å². The van der Waals surface area contributed by atoms with Crippen molar-refractivity contribution in [2.45, 2.75) is 6.92 Å². The summed E-state index contributed by atoms with van der Waals surface area (Å²) in [4.78, 5) is 34.7. The number of carbonyl (C=O) groups is 3. The number of esters is 1. The summed E-state index contributed by atoms with van der Waals surface area (Å²) in [7, 11) is 0. The number of halogens is 2. The van der Waals surface area contributed by atoms with Gasteiger partial charge < -0.3 is 15.2 Å². The van der Waals surface area contributed by atoms with Crippen molar-refractivity contribution >= 4 is 55.4 Å². The molecule has 124 valence electrons. The van der Waals surface area contributed by atoms with Crippen molar-refractivity contribution in [3.63, 3.8) is 0 Å². The Bertz CT molecular complexity index is 835. The first-order valence-corrected chi connectivity index (χ1v) is 8.18. The normalized spacial score (nSPS) is 10.1. The monoisotopic (exact) mass is 455 g/mol. The highest BCUT2D eigenvalue weighted by Gasteiger charge is 2.18. The van der Waals surface area contributed by atoms with Crippen LogP contribution in [0.2, 0.25) is 0 Å². The van der Waals surface area contributed by atoms with Gasteiger partial charge in [0.15, 0.2) is 0 Å². The number of carboxylic acids is 1. The number of aromatic carboxylic acids is 1. The van der Waals surface area contributed by atoms with Crippen molar-refractivity contribution in [3.05, 3.63) is 56.5 Å². The number of hydrogen-bond acceptors (Lipinski definition) is 4. The molecular formula is C16H11Br2NO5. The summed E-state index contributed by atoms with van der Waals surface area (Å²) in [6.07, 6.45) is 0. The number of amides is 1. The molecule has 8 heteroatoms. The molecule has 0 aromatic heterocycles. The molecule has 0 unspecified atom stereocenters. The van der Waals surface area contributed by atoms with Crippen LogP contribution in [0.25, 0.3) is 0 Å². The molecule has 0 saturated carbocycles. The molecule has 0 fully saturated rings. The van der Waals surface area contributed by atoms with Crippen LogP contribution in [0.4, 0.5) is 5.69 Å². The van der Waals surface area contributed by atoms with Crippen molar-refractivity contribution in [3.8, 4) is 5.75 Å². The molecule has 1 amide bonds. The van der Waals surface area contributed by atoms with Crippen molar-refractivity contribution < 1.29 is 24.2 Å². The molecule has 0 atom stereocenters. The van der Waals surface area contributed by atoms with Crippen molar-refractivity contribution in [1.82, 2.24) is 0 Å². The Morgan fingerprint density at radius 2 is 1.83 bits per heavy atom. The van der Waals surface area contributed by atoms with Gasteiger partial charge in [-0.05, 0) is 46.3 Å². The average molecular weight is 457 g/mol. The fraction of sp³-hybridized carbons (Fsp3) is 0.0625. The van der Waals surface area contributed by atoms with Gasteiger partial charge in [0.05, 0.1) is 11.3 Å². The molecule has 0 saturated heterocycles. The molecule has 0 heterocycles. The summed E-state index contributed by atoms with van der Waals surface area (Å²) < 4.78 is 5.90. The third-order valence-corrected chi connectivity index (χ3v) is 3.97. The maximum atomic E-state index is 12.4. The molecule has 0 aliphatic heterocycles. The molecule has 2 rings (SSSR count). The lowest BCUT2D eigenvalue weighted by Gasteiger charge is -2.12. The molecule has 2 aromatic rings. The number of nitrogens with one attached hydrogen (secondary N) is 1.